The number of carbonyl (C=O) groups excluding carboxylic acids is 2. The standard InChI is InChI=1S/C19H21N3O3/c1-13-2-3-16(25-13)18(24)22-10-6-19(7-11-22)12-15(17(23)21-19)14-4-8-20-9-5-14/h2-5,8-9,15H,6-7,10-12H2,1H3,(H,21,23)/t15-/m1/s1. The Balaban J connectivity index is 1.43. The summed E-state index contributed by atoms with van der Waals surface area (Å²) in [6.45, 7) is 3.08. The van der Waals surface area contributed by atoms with Crippen molar-refractivity contribution in [1.82, 2.24) is 15.2 Å². The zero-order chi connectivity index (χ0) is 17.4. The first kappa shape index (κ1) is 15.9. The van der Waals surface area contributed by atoms with Crippen molar-refractivity contribution in [2.24, 2.45) is 0 Å². The van der Waals surface area contributed by atoms with Crippen LogP contribution in [-0.2, 0) is 4.79 Å². The third kappa shape index (κ3) is 2.92. The number of aromatic nitrogens is 1. The second kappa shape index (κ2) is 6.02. The largest absolute Gasteiger partial charge is 0.456 e. The minimum Gasteiger partial charge on any atom is -0.456 e. The summed E-state index contributed by atoms with van der Waals surface area (Å²) in [6, 6.07) is 7.33. The number of rotatable bonds is 2. The molecule has 2 aliphatic heterocycles. The van der Waals surface area contributed by atoms with Gasteiger partial charge in [-0.25, -0.2) is 0 Å². The number of pyridine rings is 1. The Labute approximate surface area is 146 Å². The van der Waals surface area contributed by atoms with Crippen molar-refractivity contribution in [3.8, 4) is 0 Å². The van der Waals surface area contributed by atoms with Crippen molar-refractivity contribution in [1.29, 1.82) is 0 Å². The lowest BCUT2D eigenvalue weighted by atomic mass is 9.82. The third-order valence-corrected chi connectivity index (χ3v) is 5.37. The molecule has 1 atom stereocenters. The van der Waals surface area contributed by atoms with E-state index in [4.69, 9.17) is 4.42 Å². The Morgan fingerprint density at radius 3 is 2.60 bits per heavy atom. The summed E-state index contributed by atoms with van der Waals surface area (Å²) in [5.41, 5.74) is 0.801. The van der Waals surface area contributed by atoms with Gasteiger partial charge in [-0.3, -0.25) is 14.6 Å². The molecule has 2 fully saturated rings. The van der Waals surface area contributed by atoms with E-state index in [1.54, 1.807) is 24.5 Å². The van der Waals surface area contributed by atoms with Crippen LogP contribution in [0, 0.1) is 6.92 Å². The van der Waals surface area contributed by atoms with Crippen LogP contribution in [-0.4, -0.2) is 40.3 Å². The summed E-state index contributed by atoms with van der Waals surface area (Å²) < 4.78 is 5.44. The van der Waals surface area contributed by atoms with Gasteiger partial charge in [-0.1, -0.05) is 0 Å². The monoisotopic (exact) mass is 339 g/mol. The van der Waals surface area contributed by atoms with E-state index in [1.165, 1.54) is 0 Å². The number of hydrogen-bond donors (Lipinski definition) is 1. The van der Waals surface area contributed by atoms with Crippen molar-refractivity contribution < 1.29 is 14.0 Å². The van der Waals surface area contributed by atoms with Crippen LogP contribution < -0.4 is 5.32 Å². The smallest absolute Gasteiger partial charge is 0.289 e. The van der Waals surface area contributed by atoms with Crippen molar-refractivity contribution in [2.45, 2.75) is 37.6 Å². The highest BCUT2D eigenvalue weighted by Crippen LogP contribution is 2.39. The summed E-state index contributed by atoms with van der Waals surface area (Å²) in [6.07, 6.45) is 5.76. The molecule has 0 bridgehead atoms. The quantitative estimate of drug-likeness (QED) is 0.911. The van der Waals surface area contributed by atoms with E-state index in [-0.39, 0.29) is 23.3 Å². The molecule has 4 rings (SSSR count). The molecule has 2 aromatic heterocycles. The number of piperidine rings is 1. The van der Waals surface area contributed by atoms with Gasteiger partial charge in [-0.2, -0.15) is 0 Å². The molecule has 0 aliphatic carbocycles. The fourth-order valence-electron chi connectivity index (χ4n) is 3.92. The minimum atomic E-state index is -0.207. The van der Waals surface area contributed by atoms with Crippen LogP contribution >= 0.6 is 0 Å². The fraction of sp³-hybridized carbons (Fsp3) is 0.421. The van der Waals surface area contributed by atoms with Gasteiger partial charge < -0.3 is 14.6 Å². The van der Waals surface area contributed by atoms with Gasteiger partial charge in [0.1, 0.15) is 5.76 Å². The molecule has 4 heterocycles. The van der Waals surface area contributed by atoms with Crippen LogP contribution in [0.2, 0.25) is 0 Å². The van der Waals surface area contributed by atoms with E-state index in [9.17, 15) is 9.59 Å². The second-order valence-corrected chi connectivity index (χ2v) is 7.01. The third-order valence-electron chi connectivity index (χ3n) is 5.37. The van der Waals surface area contributed by atoms with Crippen LogP contribution in [0.3, 0.4) is 0 Å². The highest BCUT2D eigenvalue weighted by molar-refractivity contribution is 5.92. The van der Waals surface area contributed by atoms with Crippen LogP contribution in [0.4, 0.5) is 0 Å². The van der Waals surface area contributed by atoms with Crippen LogP contribution in [0.25, 0.3) is 0 Å². The molecular weight excluding hydrogens is 318 g/mol. The number of likely N-dealkylation sites (tertiary alicyclic amines) is 1. The molecular formula is C19H21N3O3. The molecule has 130 valence electrons. The molecule has 1 spiro atoms. The Bertz CT molecular complexity index is 791. The maximum absolute atomic E-state index is 12.5. The van der Waals surface area contributed by atoms with Crippen molar-refractivity contribution in [2.75, 3.05) is 13.1 Å². The molecule has 2 aromatic rings. The summed E-state index contributed by atoms with van der Waals surface area (Å²) in [5, 5.41) is 3.20. The first-order valence-electron chi connectivity index (χ1n) is 8.64. The lowest BCUT2D eigenvalue weighted by Gasteiger charge is -2.39. The summed E-state index contributed by atoms with van der Waals surface area (Å²) in [5.74, 6) is 1.00. The van der Waals surface area contributed by atoms with Crippen LogP contribution in [0.15, 0.2) is 41.1 Å². The number of carbonyl (C=O) groups is 2. The predicted octanol–water partition coefficient (Wildman–Crippen LogP) is 2.26. The molecule has 2 amide bonds. The Morgan fingerprint density at radius 1 is 1.24 bits per heavy atom. The van der Waals surface area contributed by atoms with E-state index in [0.29, 0.717) is 18.8 Å². The SMILES string of the molecule is Cc1ccc(C(=O)N2CCC3(CC2)C[C@H](c2ccncc2)C(=O)N3)o1. The number of amides is 2. The van der Waals surface area contributed by atoms with Gasteiger partial charge in [0.2, 0.25) is 5.91 Å². The molecule has 1 N–H and O–H groups in total. The van der Waals surface area contributed by atoms with Crippen LogP contribution in [0.1, 0.15) is 47.1 Å². The molecule has 0 aromatic carbocycles. The average molecular weight is 339 g/mol. The molecule has 6 nitrogen and oxygen atoms in total. The zero-order valence-corrected chi connectivity index (χ0v) is 14.2. The number of furan rings is 1. The van der Waals surface area contributed by atoms with Gasteiger partial charge in [0.15, 0.2) is 5.76 Å². The molecule has 0 radical (unpaired) electrons. The number of aryl methyl sites for hydroxylation is 1. The first-order valence-corrected chi connectivity index (χ1v) is 8.64. The molecule has 2 saturated heterocycles. The van der Waals surface area contributed by atoms with Crippen molar-refractivity contribution >= 4 is 11.8 Å². The van der Waals surface area contributed by atoms with Gasteiger partial charge in [0.05, 0.1) is 5.92 Å². The van der Waals surface area contributed by atoms with Crippen molar-refractivity contribution in [3.05, 3.63) is 53.7 Å². The molecule has 0 unspecified atom stereocenters. The van der Waals surface area contributed by atoms with E-state index >= 15 is 0 Å². The average Bonchev–Trinajstić information content (AvgIpc) is 3.20. The Kier molecular flexibility index (Phi) is 3.82. The topological polar surface area (TPSA) is 75.4 Å². The Morgan fingerprint density at radius 2 is 1.96 bits per heavy atom. The molecule has 0 saturated carbocycles. The van der Waals surface area contributed by atoms with E-state index in [1.807, 2.05) is 24.0 Å². The second-order valence-electron chi connectivity index (χ2n) is 7.01. The minimum absolute atomic E-state index is 0.0713. The summed E-state index contributed by atoms with van der Waals surface area (Å²) >= 11 is 0. The molecule has 2 aliphatic rings. The summed E-state index contributed by atoms with van der Waals surface area (Å²) in [7, 11) is 0. The summed E-state index contributed by atoms with van der Waals surface area (Å²) in [4.78, 5) is 30.8. The fourth-order valence-corrected chi connectivity index (χ4v) is 3.92. The molecule has 25 heavy (non-hydrogen) atoms. The van der Waals surface area contributed by atoms with E-state index in [0.717, 1.165) is 30.6 Å². The van der Waals surface area contributed by atoms with Gasteiger partial charge in [0.25, 0.3) is 5.91 Å². The highest BCUT2D eigenvalue weighted by Gasteiger charge is 2.46. The van der Waals surface area contributed by atoms with E-state index in [2.05, 4.69) is 10.3 Å². The maximum atomic E-state index is 12.5. The number of hydrogen-bond acceptors (Lipinski definition) is 4. The first-order chi connectivity index (χ1) is 12.1. The highest BCUT2D eigenvalue weighted by atomic mass is 16.3. The molecule has 6 heteroatoms. The van der Waals surface area contributed by atoms with Gasteiger partial charge in [0, 0.05) is 31.0 Å². The normalized spacial score (nSPS) is 22.2. The zero-order valence-electron chi connectivity index (χ0n) is 14.2. The van der Waals surface area contributed by atoms with Gasteiger partial charge in [-0.15, -0.1) is 0 Å². The Hall–Kier alpha value is -2.63. The van der Waals surface area contributed by atoms with E-state index < -0.39 is 0 Å². The van der Waals surface area contributed by atoms with Crippen LogP contribution in [0.5, 0.6) is 0 Å². The number of nitrogens with zero attached hydrogens (tertiary/aromatic N) is 2. The number of nitrogens with one attached hydrogen (secondary N) is 1. The lowest BCUT2D eigenvalue weighted by Crippen LogP contribution is -2.52. The van der Waals surface area contributed by atoms with Crippen molar-refractivity contribution in [3.63, 3.8) is 0 Å². The predicted molar refractivity (Wildman–Crippen MR) is 91.1 cm³/mol. The van der Waals surface area contributed by atoms with Gasteiger partial charge in [-0.05, 0) is 56.0 Å². The van der Waals surface area contributed by atoms with Gasteiger partial charge >= 0.3 is 0 Å². The maximum Gasteiger partial charge on any atom is 0.289 e. The lowest BCUT2D eigenvalue weighted by molar-refractivity contribution is -0.121.